The minimum Gasteiger partial charge on any atom is -0.496 e. The van der Waals surface area contributed by atoms with Crippen molar-refractivity contribution in [2.75, 3.05) is 7.05 Å². The van der Waals surface area contributed by atoms with E-state index in [9.17, 15) is 9.90 Å². The molecule has 1 aliphatic rings. The van der Waals surface area contributed by atoms with Gasteiger partial charge in [0.25, 0.3) is 6.09 Å². The van der Waals surface area contributed by atoms with Crippen LogP contribution in [0.2, 0.25) is 0 Å². The molecule has 0 saturated carbocycles. The van der Waals surface area contributed by atoms with Crippen molar-refractivity contribution in [1.29, 1.82) is 0 Å². The molecular weight excluding hydrogens is 122 g/mol. The van der Waals surface area contributed by atoms with Crippen LogP contribution in [0.1, 0.15) is 0 Å². The van der Waals surface area contributed by atoms with E-state index in [2.05, 4.69) is 10.3 Å². The normalized spacial score (nSPS) is 31.2. The summed E-state index contributed by atoms with van der Waals surface area (Å²) in [6, 6.07) is 0. The largest absolute Gasteiger partial charge is 0.496 e. The quantitative estimate of drug-likeness (QED) is 0.416. The van der Waals surface area contributed by atoms with Gasteiger partial charge < -0.3 is 9.90 Å². The molecule has 0 bridgehead atoms. The number of carbonyl (C=O) groups excluding carboxylic acids is 1. The Morgan fingerprint density at radius 2 is 2.44 bits per heavy atom. The van der Waals surface area contributed by atoms with Crippen LogP contribution in [0, 0.1) is 0 Å². The highest BCUT2D eigenvalue weighted by Gasteiger charge is 2.24. The molecule has 0 aliphatic carbocycles. The summed E-state index contributed by atoms with van der Waals surface area (Å²) in [5, 5.41) is 16.9. The van der Waals surface area contributed by atoms with Crippen molar-refractivity contribution in [1.82, 2.24) is 0 Å². The van der Waals surface area contributed by atoms with Gasteiger partial charge in [-0.3, -0.25) is 0 Å². The van der Waals surface area contributed by atoms with E-state index in [1.54, 1.807) is 0 Å². The Hall–Kier alpha value is -1.23. The van der Waals surface area contributed by atoms with Gasteiger partial charge >= 0.3 is 0 Å². The van der Waals surface area contributed by atoms with Crippen LogP contribution >= 0.6 is 0 Å². The van der Waals surface area contributed by atoms with Crippen LogP contribution in [0.3, 0.4) is 0 Å². The van der Waals surface area contributed by atoms with Crippen LogP contribution in [0.25, 0.3) is 0 Å². The summed E-state index contributed by atoms with van der Waals surface area (Å²) in [6.45, 7) is 0. The average molecular weight is 127 g/mol. The van der Waals surface area contributed by atoms with Crippen molar-refractivity contribution in [3.05, 3.63) is 12.4 Å². The smallest absolute Gasteiger partial charge is 0.291 e. The molecule has 0 aromatic rings. The van der Waals surface area contributed by atoms with E-state index in [1.807, 2.05) is 0 Å². The fraction of sp³-hybridized carbons (Fsp3) is 0.250. The zero-order valence-electron chi connectivity index (χ0n) is 4.81. The summed E-state index contributed by atoms with van der Waals surface area (Å²) in [4.78, 5) is 10.2. The van der Waals surface area contributed by atoms with Crippen LogP contribution in [-0.4, -0.2) is 17.7 Å². The van der Waals surface area contributed by atoms with Crippen molar-refractivity contribution in [2.24, 2.45) is 10.3 Å². The van der Waals surface area contributed by atoms with E-state index in [0.29, 0.717) is 0 Å². The van der Waals surface area contributed by atoms with Gasteiger partial charge in [-0.2, -0.15) is 0 Å². The molecule has 1 rings (SSSR count). The SMILES string of the molecule is C[N+]1(C(=O)[O-])C=CN=N1. The van der Waals surface area contributed by atoms with Crippen molar-refractivity contribution in [3.8, 4) is 0 Å². The fourth-order valence-electron chi connectivity index (χ4n) is 0.424. The highest BCUT2D eigenvalue weighted by Crippen LogP contribution is 2.10. The van der Waals surface area contributed by atoms with Gasteiger partial charge in [-0.25, -0.2) is 0 Å². The fourth-order valence-corrected chi connectivity index (χ4v) is 0.424. The molecule has 0 spiro atoms. The maximum absolute atomic E-state index is 10.2. The van der Waals surface area contributed by atoms with E-state index in [4.69, 9.17) is 0 Å². The van der Waals surface area contributed by atoms with E-state index < -0.39 is 10.7 Å². The first kappa shape index (κ1) is 5.90. The van der Waals surface area contributed by atoms with E-state index in [1.165, 1.54) is 19.4 Å². The minimum absolute atomic E-state index is 0.611. The van der Waals surface area contributed by atoms with Gasteiger partial charge in [0.05, 0.1) is 0 Å². The third-order valence-electron chi connectivity index (χ3n) is 1.03. The molecular formula is C4H5N3O2. The zero-order valence-corrected chi connectivity index (χ0v) is 4.81. The van der Waals surface area contributed by atoms with Crippen molar-refractivity contribution in [2.45, 2.75) is 0 Å². The molecule has 48 valence electrons. The van der Waals surface area contributed by atoms with Crippen molar-refractivity contribution < 1.29 is 14.5 Å². The second-order valence-corrected chi connectivity index (χ2v) is 1.80. The van der Waals surface area contributed by atoms with Crippen LogP contribution in [0.15, 0.2) is 22.7 Å². The van der Waals surface area contributed by atoms with Gasteiger partial charge in [-0.05, 0) is 0 Å². The second-order valence-electron chi connectivity index (χ2n) is 1.80. The highest BCUT2D eigenvalue weighted by atomic mass is 16.4. The van der Waals surface area contributed by atoms with Gasteiger partial charge in [0.15, 0.2) is 6.20 Å². The zero-order chi connectivity index (χ0) is 6.91. The predicted molar refractivity (Wildman–Crippen MR) is 25.6 cm³/mol. The number of nitrogens with zero attached hydrogens (tertiary/aromatic N) is 3. The van der Waals surface area contributed by atoms with E-state index >= 15 is 0 Å². The third-order valence-corrected chi connectivity index (χ3v) is 1.03. The van der Waals surface area contributed by atoms with Crippen LogP contribution < -0.4 is 5.11 Å². The van der Waals surface area contributed by atoms with Gasteiger partial charge in [-0.15, -0.1) is 9.71 Å². The number of amides is 1. The molecule has 0 radical (unpaired) electrons. The summed E-state index contributed by atoms with van der Waals surface area (Å²) in [5.74, 6) is 0. The molecule has 5 nitrogen and oxygen atoms in total. The first-order chi connectivity index (χ1) is 4.15. The lowest BCUT2D eigenvalue weighted by molar-refractivity contribution is -0.815. The lowest BCUT2D eigenvalue weighted by atomic mass is 10.7. The summed E-state index contributed by atoms with van der Waals surface area (Å²) < 4.78 is -0.611. The lowest BCUT2D eigenvalue weighted by Crippen LogP contribution is -2.46. The molecule has 0 N–H and O–H groups in total. The maximum atomic E-state index is 10.2. The molecule has 1 unspecified atom stereocenters. The Morgan fingerprint density at radius 1 is 1.78 bits per heavy atom. The number of hydrogen-bond acceptors (Lipinski definition) is 4. The third kappa shape index (κ3) is 0.812. The molecule has 5 heteroatoms. The Morgan fingerprint density at radius 3 is 2.67 bits per heavy atom. The van der Waals surface area contributed by atoms with Crippen molar-refractivity contribution in [3.63, 3.8) is 0 Å². The molecule has 0 aromatic heterocycles. The van der Waals surface area contributed by atoms with Gasteiger partial charge in [-0.1, -0.05) is 0 Å². The molecule has 9 heavy (non-hydrogen) atoms. The second kappa shape index (κ2) is 1.63. The molecule has 1 aliphatic heterocycles. The molecule has 0 fully saturated rings. The summed E-state index contributed by atoms with van der Waals surface area (Å²) in [5.41, 5.74) is 0. The predicted octanol–water partition coefficient (Wildman–Crippen LogP) is -0.372. The van der Waals surface area contributed by atoms with Gasteiger partial charge in [0.1, 0.15) is 13.2 Å². The van der Waals surface area contributed by atoms with Crippen LogP contribution in [-0.2, 0) is 0 Å². The minimum atomic E-state index is -1.28. The number of carbonyl (C=O) groups is 1. The maximum Gasteiger partial charge on any atom is 0.291 e. The Bertz CT molecular complexity index is 184. The van der Waals surface area contributed by atoms with Gasteiger partial charge in [0, 0.05) is 5.22 Å². The molecule has 1 heterocycles. The average Bonchev–Trinajstić information content (AvgIpc) is 2.16. The summed E-state index contributed by atoms with van der Waals surface area (Å²) in [6.07, 6.45) is 1.35. The Labute approximate surface area is 51.5 Å². The highest BCUT2D eigenvalue weighted by molar-refractivity contribution is 5.54. The number of rotatable bonds is 0. The molecule has 1 amide bonds. The topological polar surface area (TPSA) is 64.8 Å². The number of hydrogen-bond donors (Lipinski definition) is 0. The summed E-state index contributed by atoms with van der Waals surface area (Å²) >= 11 is 0. The van der Waals surface area contributed by atoms with E-state index in [-0.39, 0.29) is 0 Å². The van der Waals surface area contributed by atoms with Crippen LogP contribution in [0.4, 0.5) is 4.79 Å². The standard InChI is InChI=1S/C4H5N3O2/c1-7(4(8)9)3-2-5-6-7/h2-3H,1H3. The number of quaternary nitrogens is 1. The van der Waals surface area contributed by atoms with Crippen LogP contribution in [0.5, 0.6) is 0 Å². The first-order valence-corrected chi connectivity index (χ1v) is 2.33. The van der Waals surface area contributed by atoms with Crippen molar-refractivity contribution >= 4 is 6.09 Å². The van der Waals surface area contributed by atoms with Gasteiger partial charge in [0.2, 0.25) is 0 Å². The molecule has 0 aromatic carbocycles. The first-order valence-electron chi connectivity index (χ1n) is 2.33. The molecule has 0 saturated heterocycles. The summed E-state index contributed by atoms with van der Waals surface area (Å²) in [7, 11) is 1.36. The molecule has 1 atom stereocenters. The Kier molecular flexibility index (Phi) is 1.07. The lowest BCUT2D eigenvalue weighted by Gasteiger charge is -2.15. The van der Waals surface area contributed by atoms with E-state index in [0.717, 1.165) is 0 Å². The number of carboxylic acid groups (broad SMARTS) is 1. The Balaban J connectivity index is 2.88. The monoisotopic (exact) mass is 127 g/mol.